The van der Waals surface area contributed by atoms with Crippen molar-refractivity contribution in [3.8, 4) is 28.3 Å². The summed E-state index contributed by atoms with van der Waals surface area (Å²) in [6.07, 6.45) is 10.1. The molecular formula is C27H24FN7O. The van der Waals surface area contributed by atoms with E-state index in [1.807, 2.05) is 31.6 Å². The summed E-state index contributed by atoms with van der Waals surface area (Å²) in [5.74, 6) is -0.489. The zero-order chi connectivity index (χ0) is 25.0. The molecule has 0 atom stereocenters. The zero-order valence-corrected chi connectivity index (χ0v) is 19.8. The largest absolute Gasteiger partial charge is 0.370 e. The average Bonchev–Trinajstić information content (AvgIpc) is 3.45. The summed E-state index contributed by atoms with van der Waals surface area (Å²) in [6, 6.07) is 9.52. The van der Waals surface area contributed by atoms with Crippen molar-refractivity contribution in [2.75, 3.05) is 18.0 Å². The van der Waals surface area contributed by atoms with E-state index >= 15 is 4.39 Å². The lowest BCUT2D eigenvalue weighted by Gasteiger charge is -2.60. The highest BCUT2D eigenvalue weighted by Gasteiger charge is 2.52. The van der Waals surface area contributed by atoms with Gasteiger partial charge in [-0.15, -0.1) is 0 Å². The molecule has 1 aromatic carbocycles. The first-order valence-electron chi connectivity index (χ1n) is 11.8. The number of aryl methyl sites for hydroxylation is 1. The molecule has 2 fully saturated rings. The Hall–Kier alpha value is -4.45. The third-order valence-electron chi connectivity index (χ3n) is 7.32. The van der Waals surface area contributed by atoms with Gasteiger partial charge in [-0.2, -0.15) is 15.5 Å². The Morgan fingerprint density at radius 3 is 2.67 bits per heavy atom. The molecule has 1 saturated heterocycles. The van der Waals surface area contributed by atoms with Gasteiger partial charge in [-0.25, -0.2) is 8.91 Å². The van der Waals surface area contributed by atoms with Crippen LogP contribution in [0.3, 0.4) is 0 Å². The quantitative estimate of drug-likeness (QED) is 0.439. The van der Waals surface area contributed by atoms with Crippen LogP contribution in [-0.2, 0) is 11.8 Å². The summed E-state index contributed by atoms with van der Waals surface area (Å²) in [7, 11) is 1.84. The number of carbonyl (C=O) groups excluding carboxylic acids is 1. The number of carbonyl (C=O) groups is 1. The number of fused-ring (bicyclic) bond motifs is 1. The van der Waals surface area contributed by atoms with Gasteiger partial charge in [0.2, 0.25) is 5.91 Å². The van der Waals surface area contributed by atoms with Crippen LogP contribution >= 0.6 is 0 Å². The first-order chi connectivity index (χ1) is 17.4. The molecule has 0 unspecified atom stereocenters. The SMILES string of the molecule is C=CC(=O)NC1CC2(C1)CN(c1ccc(-c3cc(-c4cnn(C)c4)cn4ncc(C#N)c34)c(F)c1)C2. The van der Waals surface area contributed by atoms with Crippen molar-refractivity contribution in [3.63, 3.8) is 0 Å². The monoisotopic (exact) mass is 481 g/mol. The van der Waals surface area contributed by atoms with E-state index in [-0.39, 0.29) is 23.2 Å². The molecule has 8 nitrogen and oxygen atoms in total. The molecule has 0 bridgehead atoms. The number of pyridine rings is 1. The third kappa shape index (κ3) is 3.53. The minimum absolute atomic E-state index is 0.136. The van der Waals surface area contributed by atoms with Gasteiger partial charge in [-0.05, 0) is 43.2 Å². The zero-order valence-electron chi connectivity index (χ0n) is 19.8. The summed E-state index contributed by atoms with van der Waals surface area (Å²) >= 11 is 0. The van der Waals surface area contributed by atoms with Crippen LogP contribution in [0.5, 0.6) is 0 Å². The van der Waals surface area contributed by atoms with E-state index in [9.17, 15) is 10.1 Å². The van der Waals surface area contributed by atoms with Crippen molar-refractivity contribution in [1.29, 1.82) is 5.26 Å². The Morgan fingerprint density at radius 1 is 1.19 bits per heavy atom. The van der Waals surface area contributed by atoms with E-state index in [1.165, 1.54) is 12.3 Å². The second-order valence-electron chi connectivity index (χ2n) is 9.85. The molecule has 1 aliphatic carbocycles. The summed E-state index contributed by atoms with van der Waals surface area (Å²) in [5.41, 5.74) is 4.70. The molecule has 36 heavy (non-hydrogen) atoms. The minimum atomic E-state index is -0.353. The van der Waals surface area contributed by atoms with E-state index in [1.54, 1.807) is 27.5 Å². The summed E-state index contributed by atoms with van der Waals surface area (Å²) in [6.45, 7) is 5.18. The lowest BCUT2D eigenvalue weighted by atomic mass is 9.60. The standard InChI is InChI=1S/C27H24FN7O/c1-3-25(36)32-20-8-27(9-20)15-34(16-27)21-4-5-22(24(28)7-21)23-6-17(19-12-30-33(2)13-19)14-35-26(23)18(10-29)11-31-35/h3-7,11-14,20H,1,8-9,15-16H2,2H3,(H,32,36). The van der Waals surface area contributed by atoms with Gasteiger partial charge in [-0.1, -0.05) is 6.58 Å². The molecule has 4 heterocycles. The smallest absolute Gasteiger partial charge is 0.243 e. The molecular weight excluding hydrogens is 457 g/mol. The van der Waals surface area contributed by atoms with Crippen molar-refractivity contribution in [2.24, 2.45) is 12.5 Å². The molecule has 1 amide bonds. The number of aromatic nitrogens is 4. The molecule has 1 N–H and O–H groups in total. The molecule has 180 valence electrons. The number of amides is 1. The number of rotatable bonds is 5. The van der Waals surface area contributed by atoms with Gasteiger partial charge >= 0.3 is 0 Å². The number of halogens is 1. The predicted octanol–water partition coefficient (Wildman–Crippen LogP) is 3.68. The maximum atomic E-state index is 15.6. The number of hydrogen-bond acceptors (Lipinski definition) is 5. The molecule has 0 radical (unpaired) electrons. The van der Waals surface area contributed by atoms with Crippen LogP contribution in [0.25, 0.3) is 27.8 Å². The number of hydrogen-bond donors (Lipinski definition) is 1. The molecule has 1 aliphatic heterocycles. The van der Waals surface area contributed by atoms with Crippen LogP contribution < -0.4 is 10.2 Å². The highest BCUT2D eigenvalue weighted by molar-refractivity contribution is 5.88. The normalized spacial score (nSPS) is 16.4. The van der Waals surface area contributed by atoms with Crippen LogP contribution in [0.1, 0.15) is 18.4 Å². The van der Waals surface area contributed by atoms with E-state index in [4.69, 9.17) is 0 Å². The fourth-order valence-corrected chi connectivity index (χ4v) is 5.61. The van der Waals surface area contributed by atoms with Crippen LogP contribution in [-0.4, -0.2) is 44.4 Å². The Balaban J connectivity index is 1.28. The number of benzene rings is 1. The average molecular weight is 482 g/mol. The van der Waals surface area contributed by atoms with Gasteiger partial charge < -0.3 is 10.2 Å². The maximum absolute atomic E-state index is 15.6. The second kappa shape index (κ2) is 8.05. The van der Waals surface area contributed by atoms with Gasteiger partial charge in [0.25, 0.3) is 0 Å². The Bertz CT molecular complexity index is 1560. The van der Waals surface area contributed by atoms with Crippen LogP contribution in [0, 0.1) is 22.6 Å². The van der Waals surface area contributed by atoms with Gasteiger partial charge in [-0.3, -0.25) is 9.48 Å². The van der Waals surface area contributed by atoms with Crippen LogP contribution in [0.15, 0.2) is 61.7 Å². The molecule has 1 saturated carbocycles. The predicted molar refractivity (Wildman–Crippen MR) is 134 cm³/mol. The van der Waals surface area contributed by atoms with Crippen LogP contribution in [0.2, 0.25) is 0 Å². The molecule has 1 spiro atoms. The molecule has 6 rings (SSSR count). The molecule has 3 aromatic heterocycles. The van der Waals surface area contributed by atoms with Gasteiger partial charge in [0.1, 0.15) is 11.9 Å². The third-order valence-corrected chi connectivity index (χ3v) is 7.32. The molecule has 9 heteroatoms. The van der Waals surface area contributed by atoms with E-state index < -0.39 is 0 Å². The lowest BCUT2D eigenvalue weighted by molar-refractivity contribution is -0.119. The number of anilines is 1. The number of nitrogens with zero attached hydrogens (tertiary/aromatic N) is 6. The lowest BCUT2D eigenvalue weighted by Crippen LogP contribution is -2.66. The fourth-order valence-electron chi connectivity index (χ4n) is 5.61. The Labute approximate surface area is 207 Å². The summed E-state index contributed by atoms with van der Waals surface area (Å²) in [4.78, 5) is 13.7. The Kier molecular flexibility index (Phi) is 4.93. The van der Waals surface area contributed by atoms with Crippen molar-refractivity contribution in [1.82, 2.24) is 24.7 Å². The summed E-state index contributed by atoms with van der Waals surface area (Å²) < 4.78 is 18.9. The molecule has 2 aliphatic rings. The Morgan fingerprint density at radius 2 is 2.00 bits per heavy atom. The molecule has 4 aromatic rings. The van der Waals surface area contributed by atoms with Gasteiger partial charge in [0, 0.05) is 71.9 Å². The summed E-state index contributed by atoms with van der Waals surface area (Å²) in [5, 5.41) is 21.1. The van der Waals surface area contributed by atoms with Gasteiger partial charge in [0.05, 0.1) is 23.5 Å². The topological polar surface area (TPSA) is 91.2 Å². The fraction of sp³-hybridized carbons (Fsp3) is 0.259. The minimum Gasteiger partial charge on any atom is -0.370 e. The van der Waals surface area contributed by atoms with Crippen molar-refractivity contribution < 1.29 is 9.18 Å². The van der Waals surface area contributed by atoms with Gasteiger partial charge in [0.15, 0.2) is 0 Å². The number of nitriles is 1. The first-order valence-corrected chi connectivity index (χ1v) is 11.8. The first kappa shape index (κ1) is 22.0. The number of nitrogens with one attached hydrogen (secondary N) is 1. The van der Waals surface area contributed by atoms with Crippen molar-refractivity contribution in [2.45, 2.75) is 18.9 Å². The maximum Gasteiger partial charge on any atom is 0.243 e. The highest BCUT2D eigenvalue weighted by Crippen LogP contribution is 2.50. The van der Waals surface area contributed by atoms with E-state index in [0.29, 0.717) is 22.2 Å². The van der Waals surface area contributed by atoms with E-state index in [2.05, 4.69) is 33.1 Å². The van der Waals surface area contributed by atoms with Crippen molar-refractivity contribution in [3.05, 3.63) is 73.1 Å². The van der Waals surface area contributed by atoms with Crippen LogP contribution in [0.4, 0.5) is 10.1 Å². The van der Waals surface area contributed by atoms with E-state index in [0.717, 1.165) is 42.7 Å². The second-order valence-corrected chi connectivity index (χ2v) is 9.85. The highest BCUT2D eigenvalue weighted by atomic mass is 19.1. The van der Waals surface area contributed by atoms with Crippen molar-refractivity contribution >= 4 is 17.1 Å².